The number of piperazine rings is 1. The van der Waals surface area contributed by atoms with Crippen molar-refractivity contribution in [2.75, 3.05) is 32.7 Å². The second-order valence-electron chi connectivity index (χ2n) is 2.42. The zero-order chi connectivity index (χ0) is 9.40. The molecule has 0 bridgehead atoms. The predicted octanol–water partition coefficient (Wildman–Crippen LogP) is 0.00240. The van der Waals surface area contributed by atoms with Gasteiger partial charge in [0.25, 0.3) is 0 Å². The van der Waals surface area contributed by atoms with Gasteiger partial charge in [-0.1, -0.05) is 13.8 Å². The maximum Gasteiger partial charge on any atom is 0.317 e. The molecule has 0 aromatic heterocycles. The van der Waals surface area contributed by atoms with Crippen LogP contribution in [0, 0.1) is 0 Å². The third-order valence-electron chi connectivity index (χ3n) is 1.57. The molecule has 1 saturated heterocycles. The molecule has 0 unspecified atom stereocenters. The number of hydrogen-bond donors (Lipinski definition) is 2. The van der Waals surface area contributed by atoms with E-state index in [1.165, 1.54) is 0 Å². The van der Waals surface area contributed by atoms with Crippen molar-refractivity contribution in [3.63, 3.8) is 0 Å². The Morgan fingerprint density at radius 1 is 1.42 bits per heavy atom. The molecule has 0 amide bonds. The summed E-state index contributed by atoms with van der Waals surface area (Å²) in [4.78, 5) is 12.1. The fourth-order valence-corrected chi connectivity index (χ4v) is 1.06. The lowest BCUT2D eigenvalue weighted by atomic mass is 10.3. The lowest BCUT2D eigenvalue weighted by Crippen LogP contribution is -2.45. The SMILES string of the molecule is CC.O=C(O)CN1CCNCC1. The smallest absolute Gasteiger partial charge is 0.317 e. The summed E-state index contributed by atoms with van der Waals surface area (Å²) in [5, 5.41) is 11.6. The molecule has 2 N–H and O–H groups in total. The van der Waals surface area contributed by atoms with Crippen molar-refractivity contribution in [3.8, 4) is 0 Å². The van der Waals surface area contributed by atoms with Gasteiger partial charge in [-0.15, -0.1) is 0 Å². The molecule has 0 radical (unpaired) electrons. The van der Waals surface area contributed by atoms with Crippen LogP contribution in [0.5, 0.6) is 0 Å². The molecule has 1 rings (SSSR count). The summed E-state index contributed by atoms with van der Waals surface area (Å²) in [5.74, 6) is -0.734. The summed E-state index contributed by atoms with van der Waals surface area (Å²) in [5.41, 5.74) is 0. The Hall–Kier alpha value is -0.610. The van der Waals surface area contributed by atoms with E-state index in [-0.39, 0.29) is 6.54 Å². The Bertz CT molecular complexity index is 122. The van der Waals surface area contributed by atoms with Gasteiger partial charge in [0, 0.05) is 26.2 Å². The molecule has 0 aliphatic carbocycles. The van der Waals surface area contributed by atoms with Crippen molar-refractivity contribution >= 4 is 5.97 Å². The average molecular weight is 174 g/mol. The second-order valence-corrected chi connectivity index (χ2v) is 2.42. The van der Waals surface area contributed by atoms with Crippen molar-refractivity contribution in [3.05, 3.63) is 0 Å². The number of hydrogen-bond acceptors (Lipinski definition) is 3. The topological polar surface area (TPSA) is 52.6 Å². The van der Waals surface area contributed by atoms with Gasteiger partial charge in [0.15, 0.2) is 0 Å². The van der Waals surface area contributed by atoms with Gasteiger partial charge in [-0.25, -0.2) is 0 Å². The third kappa shape index (κ3) is 5.09. The molecule has 72 valence electrons. The van der Waals surface area contributed by atoms with Crippen molar-refractivity contribution in [1.82, 2.24) is 10.2 Å². The fourth-order valence-electron chi connectivity index (χ4n) is 1.06. The summed E-state index contributed by atoms with van der Waals surface area (Å²) in [6.45, 7) is 7.71. The molecule has 0 aromatic rings. The number of carboxylic acids is 1. The standard InChI is InChI=1S/C6H12N2O2.C2H6/c9-6(10)5-8-3-1-7-2-4-8;1-2/h7H,1-5H2,(H,9,10);1-2H3. The van der Waals surface area contributed by atoms with E-state index < -0.39 is 5.97 Å². The number of carbonyl (C=O) groups is 1. The van der Waals surface area contributed by atoms with E-state index in [1.54, 1.807) is 0 Å². The van der Waals surface area contributed by atoms with Gasteiger partial charge < -0.3 is 10.4 Å². The van der Waals surface area contributed by atoms with Gasteiger partial charge in [0.2, 0.25) is 0 Å². The van der Waals surface area contributed by atoms with Crippen molar-refractivity contribution in [1.29, 1.82) is 0 Å². The number of nitrogens with zero attached hydrogens (tertiary/aromatic N) is 1. The van der Waals surface area contributed by atoms with Gasteiger partial charge >= 0.3 is 5.97 Å². The quantitative estimate of drug-likeness (QED) is 0.619. The fraction of sp³-hybridized carbons (Fsp3) is 0.875. The Balaban J connectivity index is 0.000000561. The minimum Gasteiger partial charge on any atom is -0.480 e. The van der Waals surface area contributed by atoms with Crippen molar-refractivity contribution < 1.29 is 9.90 Å². The van der Waals surface area contributed by atoms with E-state index in [1.807, 2.05) is 18.7 Å². The van der Waals surface area contributed by atoms with Crippen LogP contribution in [0.3, 0.4) is 0 Å². The van der Waals surface area contributed by atoms with E-state index in [4.69, 9.17) is 5.11 Å². The van der Waals surface area contributed by atoms with Crippen LogP contribution in [0.15, 0.2) is 0 Å². The van der Waals surface area contributed by atoms with Crippen LogP contribution in [0.2, 0.25) is 0 Å². The van der Waals surface area contributed by atoms with Gasteiger partial charge in [0.05, 0.1) is 6.54 Å². The Morgan fingerprint density at radius 2 is 1.92 bits per heavy atom. The summed E-state index contributed by atoms with van der Waals surface area (Å²) >= 11 is 0. The lowest BCUT2D eigenvalue weighted by molar-refractivity contribution is -0.138. The van der Waals surface area contributed by atoms with Crippen LogP contribution in [0.4, 0.5) is 0 Å². The lowest BCUT2D eigenvalue weighted by Gasteiger charge is -2.25. The monoisotopic (exact) mass is 174 g/mol. The molecule has 1 fully saturated rings. The predicted molar refractivity (Wildman–Crippen MR) is 48.3 cm³/mol. The highest BCUT2D eigenvalue weighted by atomic mass is 16.4. The van der Waals surface area contributed by atoms with Crippen LogP contribution in [0.25, 0.3) is 0 Å². The van der Waals surface area contributed by atoms with E-state index in [9.17, 15) is 4.79 Å². The highest BCUT2D eigenvalue weighted by Gasteiger charge is 2.11. The Kier molecular flexibility index (Phi) is 6.70. The minimum absolute atomic E-state index is 0.182. The summed E-state index contributed by atoms with van der Waals surface area (Å²) in [6, 6.07) is 0. The molecule has 0 saturated carbocycles. The van der Waals surface area contributed by atoms with Gasteiger partial charge in [-0.2, -0.15) is 0 Å². The highest BCUT2D eigenvalue weighted by Crippen LogP contribution is 1.89. The molecule has 1 heterocycles. The minimum atomic E-state index is -0.734. The van der Waals surface area contributed by atoms with Gasteiger partial charge in [0.1, 0.15) is 0 Å². The van der Waals surface area contributed by atoms with Crippen molar-refractivity contribution in [2.45, 2.75) is 13.8 Å². The molecule has 0 atom stereocenters. The van der Waals surface area contributed by atoms with Crippen LogP contribution in [-0.2, 0) is 4.79 Å². The summed E-state index contributed by atoms with van der Waals surface area (Å²) < 4.78 is 0. The van der Waals surface area contributed by atoms with Crippen molar-refractivity contribution in [2.24, 2.45) is 0 Å². The number of aliphatic carboxylic acids is 1. The van der Waals surface area contributed by atoms with Crippen LogP contribution >= 0.6 is 0 Å². The molecule has 0 spiro atoms. The second kappa shape index (κ2) is 7.06. The van der Waals surface area contributed by atoms with E-state index >= 15 is 0 Å². The molecule has 12 heavy (non-hydrogen) atoms. The number of rotatable bonds is 2. The molecular weight excluding hydrogens is 156 g/mol. The van der Waals surface area contributed by atoms with Crippen LogP contribution < -0.4 is 5.32 Å². The van der Waals surface area contributed by atoms with Gasteiger partial charge in [-0.3, -0.25) is 9.69 Å². The third-order valence-corrected chi connectivity index (χ3v) is 1.57. The largest absolute Gasteiger partial charge is 0.480 e. The summed E-state index contributed by atoms with van der Waals surface area (Å²) in [6.07, 6.45) is 0. The molecule has 4 nitrogen and oxygen atoms in total. The number of carboxylic acid groups (broad SMARTS) is 1. The first kappa shape index (κ1) is 11.4. The highest BCUT2D eigenvalue weighted by molar-refractivity contribution is 5.69. The molecule has 1 aliphatic heterocycles. The zero-order valence-electron chi connectivity index (χ0n) is 7.84. The average Bonchev–Trinajstić information content (AvgIpc) is 2.08. The maximum atomic E-state index is 10.2. The number of nitrogens with one attached hydrogen (secondary N) is 1. The first-order chi connectivity index (χ1) is 5.79. The van der Waals surface area contributed by atoms with Crippen LogP contribution in [0.1, 0.15) is 13.8 Å². The first-order valence-corrected chi connectivity index (χ1v) is 4.44. The molecule has 0 aromatic carbocycles. The Morgan fingerprint density at radius 3 is 2.33 bits per heavy atom. The Labute approximate surface area is 73.6 Å². The van der Waals surface area contributed by atoms with E-state index in [2.05, 4.69) is 5.32 Å². The normalized spacial score (nSPS) is 17.8. The van der Waals surface area contributed by atoms with E-state index in [0.29, 0.717) is 0 Å². The maximum absolute atomic E-state index is 10.2. The first-order valence-electron chi connectivity index (χ1n) is 4.44. The molecule has 4 heteroatoms. The molecular formula is C8H18N2O2. The van der Waals surface area contributed by atoms with Crippen LogP contribution in [-0.4, -0.2) is 48.7 Å². The summed E-state index contributed by atoms with van der Waals surface area (Å²) in [7, 11) is 0. The zero-order valence-corrected chi connectivity index (χ0v) is 7.84. The van der Waals surface area contributed by atoms with Gasteiger partial charge in [-0.05, 0) is 0 Å². The van der Waals surface area contributed by atoms with E-state index in [0.717, 1.165) is 26.2 Å². The molecule has 1 aliphatic rings.